The molecule has 1 aromatic carbocycles. The van der Waals surface area contributed by atoms with Gasteiger partial charge in [0.2, 0.25) is 0 Å². The van der Waals surface area contributed by atoms with Crippen LogP contribution in [0.1, 0.15) is 5.56 Å². The van der Waals surface area contributed by atoms with E-state index in [-0.39, 0.29) is 17.5 Å². The van der Waals surface area contributed by atoms with Crippen LogP contribution in [0, 0.1) is 11.2 Å². The van der Waals surface area contributed by atoms with Gasteiger partial charge in [-0.1, -0.05) is 17.7 Å². The molecule has 0 amide bonds. The molecule has 0 aromatic heterocycles. The summed E-state index contributed by atoms with van der Waals surface area (Å²) in [7, 11) is 0. The van der Waals surface area contributed by atoms with E-state index in [1.165, 1.54) is 6.07 Å². The summed E-state index contributed by atoms with van der Waals surface area (Å²) in [5, 5.41) is 7.03. The number of nitrogens with two attached hydrogens (primary N) is 1. The highest BCUT2D eigenvalue weighted by atomic mass is 35.5. The van der Waals surface area contributed by atoms with E-state index in [1.54, 1.807) is 12.1 Å². The molecule has 0 fully saturated rings. The Hall–Kier alpha value is -1.13. The minimum atomic E-state index is -0.426. The summed E-state index contributed by atoms with van der Waals surface area (Å²) < 4.78 is 17.9. The smallest absolute Gasteiger partial charge is 0.141 e. The standard InChI is InChI=1S/C10H12ClFN2O/c11-8-5-7(1-2-9(8)12)3-4-15-6-10(13)14/h1-2,5H,3-4,6H2,(H3,13,14). The second-order valence-electron chi connectivity index (χ2n) is 3.08. The summed E-state index contributed by atoms with van der Waals surface area (Å²) in [6, 6.07) is 4.54. The van der Waals surface area contributed by atoms with Gasteiger partial charge in [-0.2, -0.15) is 0 Å². The Kier molecular flexibility index (Phi) is 4.52. The van der Waals surface area contributed by atoms with E-state index in [1.807, 2.05) is 0 Å². The summed E-state index contributed by atoms with van der Waals surface area (Å²) in [5.41, 5.74) is 6.00. The van der Waals surface area contributed by atoms with Crippen LogP contribution in [0.4, 0.5) is 4.39 Å². The number of benzene rings is 1. The minimum Gasteiger partial charge on any atom is -0.386 e. The molecule has 0 aliphatic heterocycles. The third-order valence-corrected chi connectivity index (χ3v) is 2.07. The SMILES string of the molecule is N=C(N)COCCc1ccc(F)c(Cl)c1. The van der Waals surface area contributed by atoms with Gasteiger partial charge in [-0.25, -0.2) is 4.39 Å². The number of nitrogens with one attached hydrogen (secondary N) is 1. The van der Waals surface area contributed by atoms with Crippen LogP contribution < -0.4 is 5.73 Å². The molecular weight excluding hydrogens is 219 g/mol. The first-order chi connectivity index (χ1) is 7.09. The van der Waals surface area contributed by atoms with Crippen molar-refractivity contribution in [3.8, 4) is 0 Å². The van der Waals surface area contributed by atoms with Crippen molar-refractivity contribution in [3.63, 3.8) is 0 Å². The lowest BCUT2D eigenvalue weighted by atomic mass is 10.1. The maximum Gasteiger partial charge on any atom is 0.141 e. The highest BCUT2D eigenvalue weighted by Gasteiger charge is 2.00. The van der Waals surface area contributed by atoms with Gasteiger partial charge < -0.3 is 10.5 Å². The molecule has 0 atom stereocenters. The molecule has 0 radical (unpaired) electrons. The molecule has 0 aliphatic rings. The summed E-state index contributed by atoms with van der Waals surface area (Å²) in [4.78, 5) is 0. The van der Waals surface area contributed by atoms with Gasteiger partial charge in [0.25, 0.3) is 0 Å². The van der Waals surface area contributed by atoms with Crippen molar-refractivity contribution >= 4 is 17.4 Å². The number of hydrogen-bond donors (Lipinski definition) is 2. The van der Waals surface area contributed by atoms with Crippen LogP contribution in [0.5, 0.6) is 0 Å². The van der Waals surface area contributed by atoms with E-state index in [0.29, 0.717) is 13.0 Å². The zero-order valence-corrected chi connectivity index (χ0v) is 8.85. The van der Waals surface area contributed by atoms with Gasteiger partial charge in [0.15, 0.2) is 0 Å². The van der Waals surface area contributed by atoms with Crippen LogP contribution in [0.3, 0.4) is 0 Å². The molecule has 0 saturated heterocycles. The molecule has 0 spiro atoms. The first kappa shape index (κ1) is 11.9. The minimum absolute atomic E-state index is 0.00728. The first-order valence-corrected chi connectivity index (χ1v) is 4.82. The lowest BCUT2D eigenvalue weighted by Gasteiger charge is -2.04. The quantitative estimate of drug-likeness (QED) is 0.462. The Labute approximate surface area is 92.5 Å². The van der Waals surface area contributed by atoms with Crippen LogP contribution in [0.15, 0.2) is 18.2 Å². The van der Waals surface area contributed by atoms with Gasteiger partial charge >= 0.3 is 0 Å². The molecule has 5 heteroatoms. The lowest BCUT2D eigenvalue weighted by Crippen LogP contribution is -2.18. The second-order valence-corrected chi connectivity index (χ2v) is 3.48. The molecule has 1 aromatic rings. The van der Waals surface area contributed by atoms with Crippen molar-refractivity contribution in [2.75, 3.05) is 13.2 Å². The summed E-state index contributed by atoms with van der Waals surface area (Å²) in [6.07, 6.45) is 0.618. The molecule has 0 bridgehead atoms. The van der Waals surface area contributed by atoms with Crippen LogP contribution >= 0.6 is 11.6 Å². The molecule has 0 aliphatic carbocycles. The van der Waals surface area contributed by atoms with Crippen molar-refractivity contribution in [1.29, 1.82) is 5.41 Å². The molecule has 82 valence electrons. The molecule has 15 heavy (non-hydrogen) atoms. The van der Waals surface area contributed by atoms with E-state index in [4.69, 9.17) is 27.5 Å². The van der Waals surface area contributed by atoms with E-state index >= 15 is 0 Å². The number of hydrogen-bond acceptors (Lipinski definition) is 2. The zero-order valence-electron chi connectivity index (χ0n) is 8.09. The summed E-state index contributed by atoms with van der Waals surface area (Å²) in [5.74, 6) is -0.433. The Morgan fingerprint density at radius 3 is 2.87 bits per heavy atom. The predicted octanol–water partition coefficient (Wildman–Crippen LogP) is 1.97. The van der Waals surface area contributed by atoms with Crippen molar-refractivity contribution in [2.45, 2.75) is 6.42 Å². The fraction of sp³-hybridized carbons (Fsp3) is 0.300. The summed E-state index contributed by atoms with van der Waals surface area (Å²) in [6.45, 7) is 0.552. The largest absolute Gasteiger partial charge is 0.386 e. The maximum atomic E-state index is 12.8. The average molecular weight is 231 g/mol. The van der Waals surface area contributed by atoms with Crippen LogP contribution in [-0.4, -0.2) is 19.0 Å². The van der Waals surface area contributed by atoms with Crippen LogP contribution in [-0.2, 0) is 11.2 Å². The third-order valence-electron chi connectivity index (χ3n) is 1.78. The average Bonchev–Trinajstić information content (AvgIpc) is 2.18. The number of amidine groups is 1. The molecule has 0 saturated carbocycles. The van der Waals surface area contributed by atoms with Crippen LogP contribution in [0.25, 0.3) is 0 Å². The first-order valence-electron chi connectivity index (χ1n) is 4.44. The number of ether oxygens (including phenoxy) is 1. The number of rotatable bonds is 5. The monoisotopic (exact) mass is 230 g/mol. The normalized spacial score (nSPS) is 10.3. The van der Waals surface area contributed by atoms with Crippen LogP contribution in [0.2, 0.25) is 5.02 Å². The molecule has 0 heterocycles. The van der Waals surface area contributed by atoms with E-state index in [0.717, 1.165) is 5.56 Å². The van der Waals surface area contributed by atoms with Crippen molar-refractivity contribution in [1.82, 2.24) is 0 Å². The van der Waals surface area contributed by atoms with Gasteiger partial charge in [0.1, 0.15) is 18.3 Å². The Morgan fingerprint density at radius 2 is 2.27 bits per heavy atom. The molecule has 1 rings (SSSR count). The topological polar surface area (TPSA) is 59.1 Å². The number of halogens is 2. The van der Waals surface area contributed by atoms with Gasteiger partial charge in [-0.15, -0.1) is 0 Å². The van der Waals surface area contributed by atoms with E-state index in [2.05, 4.69) is 0 Å². The maximum absolute atomic E-state index is 12.8. The van der Waals surface area contributed by atoms with Gasteiger partial charge in [0.05, 0.1) is 11.6 Å². The Bertz CT molecular complexity index is 357. The molecular formula is C10H12ClFN2O. The van der Waals surface area contributed by atoms with E-state index in [9.17, 15) is 4.39 Å². The molecule has 3 nitrogen and oxygen atoms in total. The van der Waals surface area contributed by atoms with Crippen molar-refractivity contribution in [3.05, 3.63) is 34.6 Å². The molecule has 0 unspecified atom stereocenters. The van der Waals surface area contributed by atoms with Crippen molar-refractivity contribution in [2.24, 2.45) is 5.73 Å². The zero-order chi connectivity index (χ0) is 11.3. The van der Waals surface area contributed by atoms with Crippen molar-refractivity contribution < 1.29 is 9.13 Å². The molecule has 3 N–H and O–H groups in total. The fourth-order valence-corrected chi connectivity index (χ4v) is 1.27. The van der Waals surface area contributed by atoms with Gasteiger partial charge in [0, 0.05) is 0 Å². The highest BCUT2D eigenvalue weighted by molar-refractivity contribution is 6.30. The highest BCUT2D eigenvalue weighted by Crippen LogP contribution is 2.16. The fourth-order valence-electron chi connectivity index (χ4n) is 1.07. The Balaban J connectivity index is 2.38. The second kappa shape index (κ2) is 5.68. The van der Waals surface area contributed by atoms with E-state index < -0.39 is 5.82 Å². The summed E-state index contributed by atoms with van der Waals surface area (Å²) >= 11 is 5.61. The van der Waals surface area contributed by atoms with Gasteiger partial charge in [-0.05, 0) is 24.1 Å². The van der Waals surface area contributed by atoms with Gasteiger partial charge in [-0.3, -0.25) is 5.41 Å². The predicted molar refractivity (Wildman–Crippen MR) is 57.8 cm³/mol. The third kappa shape index (κ3) is 4.27. The Morgan fingerprint density at radius 1 is 1.53 bits per heavy atom. The lowest BCUT2D eigenvalue weighted by molar-refractivity contribution is 0.174.